The average molecular weight is 501 g/mol. The molecular weight excluding hydrogens is 479 g/mol. The van der Waals surface area contributed by atoms with Crippen LogP contribution in [-0.2, 0) is 11.3 Å². The number of para-hydroxylation sites is 1. The summed E-state index contributed by atoms with van der Waals surface area (Å²) in [5.74, 6) is -0.470. The normalized spacial score (nSPS) is 15.9. The number of hydrogen-bond acceptors (Lipinski definition) is 5. The maximum absolute atomic E-state index is 13.3. The van der Waals surface area contributed by atoms with Crippen molar-refractivity contribution >= 4 is 51.2 Å². The second-order valence-corrected chi connectivity index (χ2v) is 9.19. The van der Waals surface area contributed by atoms with Crippen molar-refractivity contribution in [1.29, 1.82) is 0 Å². The van der Waals surface area contributed by atoms with E-state index in [0.717, 1.165) is 22.0 Å². The van der Waals surface area contributed by atoms with Gasteiger partial charge in [-0.1, -0.05) is 30.3 Å². The molecule has 1 fully saturated rings. The third-order valence-corrected chi connectivity index (χ3v) is 6.87. The van der Waals surface area contributed by atoms with Gasteiger partial charge in [-0.15, -0.1) is 0 Å². The molecule has 9 heteroatoms. The quantitative estimate of drug-likeness (QED) is 0.175. The minimum atomic E-state index is -0.414. The maximum atomic E-state index is 13.3. The zero-order valence-electron chi connectivity index (χ0n) is 19.3. The summed E-state index contributed by atoms with van der Waals surface area (Å²) in [6.07, 6.45) is 3.86. The van der Waals surface area contributed by atoms with Crippen molar-refractivity contribution in [2.24, 2.45) is 4.99 Å². The Kier molecular flexibility index (Phi) is 6.39. The predicted octanol–water partition coefficient (Wildman–Crippen LogP) is 6.36. The number of aromatic nitrogens is 1. The van der Waals surface area contributed by atoms with E-state index in [2.05, 4.69) is 9.56 Å². The molecule has 0 saturated carbocycles. The molecular formula is C27H21FN4O3S. The number of amides is 1. The van der Waals surface area contributed by atoms with Crippen LogP contribution in [0, 0.1) is 15.9 Å². The number of non-ortho nitro benzene ring substituents is 1. The summed E-state index contributed by atoms with van der Waals surface area (Å²) in [4.78, 5) is 30.4. The highest BCUT2D eigenvalue weighted by Gasteiger charge is 2.32. The van der Waals surface area contributed by atoms with Crippen LogP contribution in [0.5, 0.6) is 0 Å². The van der Waals surface area contributed by atoms with Crippen molar-refractivity contribution < 1.29 is 14.1 Å². The molecule has 36 heavy (non-hydrogen) atoms. The number of hydrogen-bond donors (Lipinski definition) is 0. The Balaban J connectivity index is 1.48. The number of nitro benzene ring substituents is 1. The first kappa shape index (κ1) is 23.5. The Morgan fingerprint density at radius 2 is 1.78 bits per heavy atom. The molecule has 0 N–H and O–H groups in total. The van der Waals surface area contributed by atoms with Crippen molar-refractivity contribution in [3.63, 3.8) is 0 Å². The zero-order chi connectivity index (χ0) is 25.2. The van der Waals surface area contributed by atoms with E-state index in [0.29, 0.717) is 28.8 Å². The molecule has 0 spiro atoms. The molecule has 1 aromatic heterocycles. The van der Waals surface area contributed by atoms with E-state index >= 15 is 0 Å². The fourth-order valence-electron chi connectivity index (χ4n) is 4.08. The molecule has 1 aliphatic heterocycles. The minimum absolute atomic E-state index is 0.0527. The van der Waals surface area contributed by atoms with Crippen LogP contribution in [0.2, 0.25) is 0 Å². The molecule has 1 aliphatic rings. The van der Waals surface area contributed by atoms with Crippen LogP contribution in [0.15, 0.2) is 88.9 Å². The number of thioether (sulfide) groups is 1. The van der Waals surface area contributed by atoms with E-state index < -0.39 is 4.92 Å². The number of amidine groups is 1. The monoisotopic (exact) mass is 500 g/mol. The molecule has 5 rings (SSSR count). The summed E-state index contributed by atoms with van der Waals surface area (Å²) in [6.45, 7) is 2.88. The summed E-state index contributed by atoms with van der Waals surface area (Å²) >= 11 is 1.29. The number of fused-ring (bicyclic) bond motifs is 1. The first-order chi connectivity index (χ1) is 17.4. The van der Waals surface area contributed by atoms with Crippen LogP contribution in [0.4, 0.5) is 15.8 Å². The first-order valence-corrected chi connectivity index (χ1v) is 12.1. The Hall–Kier alpha value is -4.24. The van der Waals surface area contributed by atoms with Gasteiger partial charge in [0.05, 0.1) is 15.5 Å². The Bertz CT molecular complexity index is 1530. The second-order valence-electron chi connectivity index (χ2n) is 8.18. The highest BCUT2D eigenvalue weighted by Crippen LogP contribution is 2.35. The third-order valence-electron chi connectivity index (χ3n) is 5.86. The lowest BCUT2D eigenvalue weighted by molar-refractivity contribution is -0.384. The van der Waals surface area contributed by atoms with E-state index in [-0.39, 0.29) is 17.4 Å². The molecule has 180 valence electrons. The molecule has 0 unspecified atom stereocenters. The van der Waals surface area contributed by atoms with E-state index in [9.17, 15) is 19.3 Å². The number of carbonyl (C=O) groups is 1. The number of carbonyl (C=O) groups excluding carboxylic acids is 1. The lowest BCUT2D eigenvalue weighted by atomic mass is 10.1. The van der Waals surface area contributed by atoms with Gasteiger partial charge >= 0.3 is 0 Å². The average Bonchev–Trinajstić information content (AvgIpc) is 3.37. The molecule has 7 nitrogen and oxygen atoms in total. The van der Waals surface area contributed by atoms with E-state index in [1.807, 2.05) is 43.5 Å². The Morgan fingerprint density at radius 3 is 2.47 bits per heavy atom. The number of likely N-dealkylation sites (N-methyl/N-ethyl adjacent to an activating group) is 1. The van der Waals surface area contributed by atoms with E-state index in [1.165, 1.54) is 36.0 Å². The van der Waals surface area contributed by atoms with Crippen molar-refractivity contribution in [2.75, 3.05) is 6.54 Å². The van der Waals surface area contributed by atoms with Gasteiger partial charge in [0.15, 0.2) is 5.17 Å². The van der Waals surface area contributed by atoms with Crippen molar-refractivity contribution in [1.82, 2.24) is 9.47 Å². The van der Waals surface area contributed by atoms with Crippen LogP contribution in [0.3, 0.4) is 0 Å². The van der Waals surface area contributed by atoms with Gasteiger partial charge in [-0.05, 0) is 60.7 Å². The van der Waals surface area contributed by atoms with Gasteiger partial charge in [-0.25, -0.2) is 9.38 Å². The third kappa shape index (κ3) is 4.65. The van der Waals surface area contributed by atoms with Gasteiger partial charge in [-0.2, -0.15) is 0 Å². The smallest absolute Gasteiger partial charge is 0.269 e. The molecule has 1 saturated heterocycles. The SMILES string of the molecule is CCN1C(=O)/C(=C\c2cn(Cc3ccc([N+](=O)[O-])cc3)c3ccccc23)SC1=Nc1ccc(F)cc1. The largest absolute Gasteiger partial charge is 0.342 e. The van der Waals surface area contributed by atoms with Crippen molar-refractivity contribution in [3.05, 3.63) is 111 Å². The van der Waals surface area contributed by atoms with Gasteiger partial charge in [0, 0.05) is 47.9 Å². The molecule has 0 atom stereocenters. The van der Waals surface area contributed by atoms with E-state index in [1.54, 1.807) is 29.2 Å². The molecule has 0 aliphatic carbocycles. The van der Waals surface area contributed by atoms with Gasteiger partial charge < -0.3 is 4.57 Å². The minimum Gasteiger partial charge on any atom is -0.342 e. The molecule has 3 aromatic carbocycles. The lowest BCUT2D eigenvalue weighted by Gasteiger charge is -2.11. The highest BCUT2D eigenvalue weighted by atomic mass is 32.2. The second kappa shape index (κ2) is 9.79. The summed E-state index contributed by atoms with van der Waals surface area (Å²) in [5, 5.41) is 12.5. The number of halogens is 1. The summed E-state index contributed by atoms with van der Waals surface area (Å²) < 4.78 is 15.3. The van der Waals surface area contributed by atoms with Gasteiger partial charge in [0.25, 0.3) is 11.6 Å². The number of rotatable bonds is 6. The predicted molar refractivity (Wildman–Crippen MR) is 141 cm³/mol. The molecule has 1 amide bonds. The number of nitro groups is 1. The number of nitrogens with zero attached hydrogens (tertiary/aromatic N) is 4. The zero-order valence-corrected chi connectivity index (χ0v) is 20.1. The fraction of sp³-hybridized carbons (Fsp3) is 0.111. The molecule has 0 bridgehead atoms. The fourth-order valence-corrected chi connectivity index (χ4v) is 5.13. The topological polar surface area (TPSA) is 80.7 Å². The van der Waals surface area contributed by atoms with Crippen LogP contribution in [0.1, 0.15) is 18.1 Å². The van der Waals surface area contributed by atoms with Crippen LogP contribution in [-0.4, -0.2) is 32.0 Å². The van der Waals surface area contributed by atoms with E-state index in [4.69, 9.17) is 0 Å². The van der Waals surface area contributed by atoms with Gasteiger partial charge in [0.1, 0.15) is 5.82 Å². The van der Waals surface area contributed by atoms with Gasteiger partial charge in [0.2, 0.25) is 0 Å². The molecule has 2 heterocycles. The summed E-state index contributed by atoms with van der Waals surface area (Å²) in [7, 11) is 0. The Morgan fingerprint density at radius 1 is 1.06 bits per heavy atom. The van der Waals surface area contributed by atoms with Crippen LogP contribution < -0.4 is 0 Å². The lowest BCUT2D eigenvalue weighted by Crippen LogP contribution is -2.28. The van der Waals surface area contributed by atoms with Crippen LogP contribution >= 0.6 is 11.8 Å². The number of aliphatic imine (C=N–C) groups is 1. The maximum Gasteiger partial charge on any atom is 0.269 e. The van der Waals surface area contributed by atoms with Crippen molar-refractivity contribution in [3.8, 4) is 0 Å². The molecule has 4 aromatic rings. The van der Waals surface area contributed by atoms with Crippen LogP contribution in [0.25, 0.3) is 17.0 Å². The standard InChI is InChI=1S/C27H21FN4O3S/c1-2-31-26(33)25(36-27(31)29-21-11-9-20(28)10-12-21)15-19-17-30(24-6-4-3-5-23(19)24)16-18-7-13-22(14-8-18)32(34)35/h3-15,17H,2,16H2,1H3/b25-15+,29-27?. The van der Waals surface area contributed by atoms with Gasteiger partial charge in [-0.3, -0.25) is 19.8 Å². The molecule has 0 radical (unpaired) electrons. The van der Waals surface area contributed by atoms with Crippen molar-refractivity contribution in [2.45, 2.75) is 13.5 Å². The summed E-state index contributed by atoms with van der Waals surface area (Å²) in [6, 6.07) is 20.2. The number of benzene rings is 3. The highest BCUT2D eigenvalue weighted by molar-refractivity contribution is 8.18. The summed E-state index contributed by atoms with van der Waals surface area (Å²) in [5.41, 5.74) is 3.44. The Labute approximate surface area is 210 Å². The first-order valence-electron chi connectivity index (χ1n) is 11.3.